The molecule has 0 radical (unpaired) electrons. The quantitative estimate of drug-likeness (QED) is 0.161. The van der Waals surface area contributed by atoms with Gasteiger partial charge in [0.1, 0.15) is 24.7 Å². The third kappa shape index (κ3) is 5.38. The van der Waals surface area contributed by atoms with Crippen LogP contribution in [-0.2, 0) is 14.3 Å². The lowest BCUT2D eigenvalue weighted by atomic mass is 9.99. The van der Waals surface area contributed by atoms with E-state index in [9.17, 15) is 4.79 Å². The van der Waals surface area contributed by atoms with Gasteiger partial charge in [0.25, 0.3) is 0 Å². The standard InChI is InChI=1S/C28H24O4S/c1-4-28(29)32-25(21-10-6-5-7-11-21)18-30-19(2)17-31-22-14-15-27-24(16-22)20(3)23-12-8-9-13-26(23)33-27/h4-16,25H,1-3,17-18H2. The van der Waals surface area contributed by atoms with Gasteiger partial charge in [-0.1, -0.05) is 80.0 Å². The molecule has 1 aliphatic heterocycles. The van der Waals surface area contributed by atoms with Gasteiger partial charge in [0, 0.05) is 15.9 Å². The second-order valence-electron chi connectivity index (χ2n) is 7.41. The summed E-state index contributed by atoms with van der Waals surface area (Å²) in [5.41, 5.74) is 4.01. The Bertz CT molecular complexity index is 1200. The van der Waals surface area contributed by atoms with E-state index < -0.39 is 12.1 Å². The molecule has 3 aromatic carbocycles. The molecule has 0 fully saturated rings. The minimum Gasteiger partial charge on any atom is -0.491 e. The van der Waals surface area contributed by atoms with Crippen molar-refractivity contribution < 1.29 is 19.0 Å². The van der Waals surface area contributed by atoms with Crippen molar-refractivity contribution in [2.24, 2.45) is 0 Å². The van der Waals surface area contributed by atoms with Gasteiger partial charge in [0.05, 0.1) is 0 Å². The van der Waals surface area contributed by atoms with Crippen molar-refractivity contribution in [2.45, 2.75) is 15.9 Å². The normalized spacial score (nSPS) is 12.7. The summed E-state index contributed by atoms with van der Waals surface area (Å²) >= 11 is 1.73. The Balaban J connectivity index is 1.36. The molecule has 0 N–H and O–H groups in total. The van der Waals surface area contributed by atoms with Gasteiger partial charge >= 0.3 is 5.97 Å². The summed E-state index contributed by atoms with van der Waals surface area (Å²) in [4.78, 5) is 14.1. The predicted molar refractivity (Wildman–Crippen MR) is 131 cm³/mol. The maximum atomic E-state index is 11.7. The third-order valence-electron chi connectivity index (χ3n) is 5.14. The lowest BCUT2D eigenvalue weighted by Crippen LogP contribution is -2.16. The highest BCUT2D eigenvalue weighted by molar-refractivity contribution is 7.99. The second kappa shape index (κ2) is 10.3. The Morgan fingerprint density at radius 1 is 0.970 bits per heavy atom. The minimum atomic E-state index is -0.572. The number of ether oxygens (including phenoxy) is 3. The molecule has 1 unspecified atom stereocenters. The largest absolute Gasteiger partial charge is 0.491 e. The highest BCUT2D eigenvalue weighted by Crippen LogP contribution is 2.45. The van der Waals surface area contributed by atoms with E-state index in [2.05, 4.69) is 31.9 Å². The summed E-state index contributed by atoms with van der Waals surface area (Å²) in [7, 11) is 0. The van der Waals surface area contributed by atoms with Crippen LogP contribution >= 0.6 is 11.8 Å². The van der Waals surface area contributed by atoms with Crippen LogP contribution in [0, 0.1) is 0 Å². The van der Waals surface area contributed by atoms with Gasteiger partial charge in [-0.05, 0) is 46.5 Å². The second-order valence-corrected chi connectivity index (χ2v) is 8.50. The van der Waals surface area contributed by atoms with Crippen LogP contribution in [-0.4, -0.2) is 19.2 Å². The lowest BCUT2D eigenvalue weighted by molar-refractivity contribution is -0.145. The highest BCUT2D eigenvalue weighted by atomic mass is 32.2. The van der Waals surface area contributed by atoms with Crippen molar-refractivity contribution >= 4 is 23.3 Å². The fourth-order valence-corrected chi connectivity index (χ4v) is 4.56. The molecule has 0 saturated carbocycles. The molecule has 166 valence electrons. The Hall–Kier alpha value is -3.70. The van der Waals surface area contributed by atoms with Gasteiger partial charge < -0.3 is 14.2 Å². The number of esters is 1. The molecule has 4 nitrogen and oxygen atoms in total. The first-order valence-corrected chi connectivity index (χ1v) is 11.3. The van der Waals surface area contributed by atoms with Crippen molar-refractivity contribution in [3.05, 3.63) is 121 Å². The zero-order valence-electron chi connectivity index (χ0n) is 18.2. The highest BCUT2D eigenvalue weighted by Gasteiger charge is 2.20. The molecule has 33 heavy (non-hydrogen) atoms. The SMILES string of the molecule is C=CC(=O)OC(COC(=C)COc1ccc2c(c1)C(=C)c1ccccc1S2)c1ccccc1. The van der Waals surface area contributed by atoms with Gasteiger partial charge in [0.2, 0.25) is 0 Å². The molecule has 1 heterocycles. The van der Waals surface area contributed by atoms with E-state index in [1.807, 2.05) is 60.7 Å². The Morgan fingerprint density at radius 2 is 1.70 bits per heavy atom. The van der Waals surface area contributed by atoms with Crippen LogP contribution in [0.25, 0.3) is 5.57 Å². The van der Waals surface area contributed by atoms with E-state index >= 15 is 0 Å². The fraction of sp³-hybridized carbons (Fsp3) is 0.107. The number of hydrogen-bond donors (Lipinski definition) is 0. The Kier molecular flexibility index (Phi) is 7.01. The molecule has 1 atom stereocenters. The van der Waals surface area contributed by atoms with Crippen LogP contribution in [0.2, 0.25) is 0 Å². The van der Waals surface area contributed by atoms with Crippen LogP contribution in [0.15, 0.2) is 114 Å². The first-order chi connectivity index (χ1) is 16.0. The maximum Gasteiger partial charge on any atom is 0.330 e. The Morgan fingerprint density at radius 3 is 2.48 bits per heavy atom. The summed E-state index contributed by atoms with van der Waals surface area (Å²) in [6, 6.07) is 23.6. The first-order valence-electron chi connectivity index (χ1n) is 10.5. The van der Waals surface area contributed by atoms with Crippen molar-refractivity contribution in [1.29, 1.82) is 0 Å². The Labute approximate surface area is 198 Å². The van der Waals surface area contributed by atoms with E-state index in [0.29, 0.717) is 11.5 Å². The van der Waals surface area contributed by atoms with Crippen LogP contribution in [0.1, 0.15) is 22.8 Å². The molecule has 1 aliphatic rings. The molecule has 0 aromatic heterocycles. The van der Waals surface area contributed by atoms with E-state index in [1.54, 1.807) is 11.8 Å². The van der Waals surface area contributed by atoms with Gasteiger partial charge in [-0.3, -0.25) is 0 Å². The van der Waals surface area contributed by atoms with Crippen LogP contribution in [0.4, 0.5) is 0 Å². The van der Waals surface area contributed by atoms with Gasteiger partial charge in [-0.25, -0.2) is 4.79 Å². The van der Waals surface area contributed by atoms with E-state index in [0.717, 1.165) is 33.2 Å². The van der Waals surface area contributed by atoms with Crippen molar-refractivity contribution in [1.82, 2.24) is 0 Å². The van der Waals surface area contributed by atoms with Crippen LogP contribution in [0.5, 0.6) is 5.75 Å². The number of carbonyl (C=O) groups excluding carboxylic acids is 1. The van der Waals surface area contributed by atoms with E-state index in [4.69, 9.17) is 14.2 Å². The summed E-state index contributed by atoms with van der Waals surface area (Å²) in [6.07, 6.45) is 0.562. The van der Waals surface area contributed by atoms with Crippen molar-refractivity contribution in [3.63, 3.8) is 0 Å². The van der Waals surface area contributed by atoms with Crippen molar-refractivity contribution in [2.75, 3.05) is 13.2 Å². The zero-order valence-corrected chi connectivity index (χ0v) is 19.0. The fourth-order valence-electron chi connectivity index (χ4n) is 3.45. The number of carbonyl (C=O) groups is 1. The molecule has 3 aromatic rings. The topological polar surface area (TPSA) is 44.8 Å². The number of hydrogen-bond acceptors (Lipinski definition) is 5. The smallest absolute Gasteiger partial charge is 0.330 e. The predicted octanol–water partition coefficient (Wildman–Crippen LogP) is 6.59. The molecule has 0 aliphatic carbocycles. The van der Waals surface area contributed by atoms with E-state index in [-0.39, 0.29) is 13.2 Å². The summed E-state index contributed by atoms with van der Waals surface area (Å²) in [6.45, 7) is 12.0. The molecular weight excluding hydrogens is 432 g/mol. The monoisotopic (exact) mass is 456 g/mol. The van der Waals surface area contributed by atoms with E-state index in [1.165, 1.54) is 4.90 Å². The molecular formula is C28H24O4S. The molecule has 5 heteroatoms. The number of rotatable bonds is 9. The summed E-state index contributed by atoms with van der Waals surface area (Å²) in [5, 5.41) is 0. The third-order valence-corrected chi connectivity index (χ3v) is 6.30. The average molecular weight is 457 g/mol. The zero-order chi connectivity index (χ0) is 23.2. The number of benzene rings is 3. The lowest BCUT2D eigenvalue weighted by Gasteiger charge is -2.22. The maximum absolute atomic E-state index is 11.7. The molecule has 0 spiro atoms. The molecule has 0 amide bonds. The van der Waals surface area contributed by atoms with Gasteiger partial charge in [-0.2, -0.15) is 0 Å². The average Bonchev–Trinajstić information content (AvgIpc) is 2.86. The molecule has 0 saturated heterocycles. The minimum absolute atomic E-state index is 0.125. The summed E-state index contributed by atoms with van der Waals surface area (Å²) in [5.74, 6) is 0.627. The summed E-state index contributed by atoms with van der Waals surface area (Å²) < 4.78 is 17.1. The molecule has 0 bridgehead atoms. The van der Waals surface area contributed by atoms with Gasteiger partial charge in [0.15, 0.2) is 6.10 Å². The number of fused-ring (bicyclic) bond motifs is 2. The van der Waals surface area contributed by atoms with Gasteiger partial charge in [-0.15, -0.1) is 0 Å². The van der Waals surface area contributed by atoms with Crippen LogP contribution < -0.4 is 4.74 Å². The van der Waals surface area contributed by atoms with Crippen molar-refractivity contribution in [3.8, 4) is 5.75 Å². The molecule has 4 rings (SSSR count). The van der Waals surface area contributed by atoms with Crippen LogP contribution in [0.3, 0.4) is 0 Å². The first kappa shape index (κ1) is 22.5.